The molecule has 0 radical (unpaired) electrons. The summed E-state index contributed by atoms with van der Waals surface area (Å²) in [6.07, 6.45) is 0.842. The van der Waals surface area contributed by atoms with Gasteiger partial charge in [-0.3, -0.25) is 9.69 Å². The zero-order valence-corrected chi connectivity index (χ0v) is 18.5. The van der Waals surface area contributed by atoms with Crippen LogP contribution in [0, 0.1) is 13.8 Å². The molecule has 4 aromatic rings. The van der Waals surface area contributed by atoms with Crippen LogP contribution in [0.25, 0.3) is 10.8 Å². The van der Waals surface area contributed by atoms with Gasteiger partial charge in [-0.2, -0.15) is 0 Å². The van der Waals surface area contributed by atoms with E-state index in [-0.39, 0.29) is 5.91 Å². The first kappa shape index (κ1) is 20.5. The van der Waals surface area contributed by atoms with E-state index in [1.807, 2.05) is 6.92 Å². The number of nitrogens with zero attached hydrogens (tertiary/aromatic N) is 4. The van der Waals surface area contributed by atoms with Crippen LogP contribution < -0.4 is 5.32 Å². The van der Waals surface area contributed by atoms with Gasteiger partial charge in [-0.25, -0.2) is 0 Å². The predicted octanol–water partition coefficient (Wildman–Crippen LogP) is 3.63. The summed E-state index contributed by atoms with van der Waals surface area (Å²) in [5.74, 6) is 2.98. The lowest BCUT2D eigenvalue weighted by molar-refractivity contribution is 0.0948. The lowest BCUT2D eigenvalue weighted by Gasteiger charge is -2.20. The Morgan fingerprint density at radius 2 is 1.88 bits per heavy atom. The van der Waals surface area contributed by atoms with Crippen LogP contribution >= 0.6 is 0 Å². The molecule has 164 valence electrons. The quantitative estimate of drug-likeness (QED) is 0.524. The molecule has 0 spiro atoms. The Balaban J connectivity index is 1.23. The summed E-state index contributed by atoms with van der Waals surface area (Å²) in [5.41, 5.74) is 1.89. The molecule has 0 aliphatic carbocycles. The van der Waals surface area contributed by atoms with Crippen molar-refractivity contribution in [2.75, 3.05) is 13.1 Å². The maximum absolute atomic E-state index is 12.5. The topological polar surface area (TPSA) is 76.2 Å². The zero-order valence-electron chi connectivity index (χ0n) is 18.5. The number of carbonyl (C=O) groups excluding carboxylic acids is 1. The van der Waals surface area contributed by atoms with Gasteiger partial charge in [-0.05, 0) is 42.3 Å². The summed E-state index contributed by atoms with van der Waals surface area (Å²) < 4.78 is 7.61. The summed E-state index contributed by atoms with van der Waals surface area (Å²) in [5, 5.41) is 14.2. The highest BCUT2D eigenvalue weighted by atomic mass is 16.3. The van der Waals surface area contributed by atoms with Gasteiger partial charge < -0.3 is 14.3 Å². The van der Waals surface area contributed by atoms with Crippen molar-refractivity contribution in [1.82, 2.24) is 25.0 Å². The average Bonchev–Trinajstić information content (AvgIpc) is 3.28. The van der Waals surface area contributed by atoms with Gasteiger partial charge in [0.1, 0.15) is 17.3 Å². The molecule has 1 aliphatic rings. The number of furan rings is 1. The number of rotatable bonds is 5. The van der Waals surface area contributed by atoms with E-state index in [1.54, 1.807) is 13.0 Å². The highest BCUT2D eigenvalue weighted by molar-refractivity contribution is 5.95. The maximum Gasteiger partial charge on any atom is 0.255 e. The monoisotopic (exact) mass is 429 g/mol. The van der Waals surface area contributed by atoms with E-state index in [0.717, 1.165) is 50.0 Å². The molecular weight excluding hydrogens is 402 g/mol. The van der Waals surface area contributed by atoms with Crippen molar-refractivity contribution < 1.29 is 9.21 Å². The fourth-order valence-electron chi connectivity index (χ4n) is 4.42. The summed E-state index contributed by atoms with van der Waals surface area (Å²) in [6, 6.07) is 16.9. The van der Waals surface area contributed by atoms with Gasteiger partial charge in [0.2, 0.25) is 0 Å². The third-order valence-electron chi connectivity index (χ3n) is 6.11. The molecule has 7 nitrogen and oxygen atoms in total. The fourth-order valence-corrected chi connectivity index (χ4v) is 4.42. The number of benzene rings is 2. The Labute approximate surface area is 187 Å². The van der Waals surface area contributed by atoms with Crippen LogP contribution in [0.1, 0.15) is 39.1 Å². The molecule has 7 heteroatoms. The Kier molecular flexibility index (Phi) is 5.49. The molecule has 0 fully saturated rings. The Hall–Kier alpha value is -3.45. The second-order valence-electron chi connectivity index (χ2n) is 8.40. The molecular formula is C25H27N5O2. The Bertz CT molecular complexity index is 1270. The fraction of sp³-hybridized carbons (Fsp3) is 0.320. The van der Waals surface area contributed by atoms with Crippen molar-refractivity contribution in [1.29, 1.82) is 0 Å². The normalized spacial score (nSPS) is 14.3. The number of amides is 1. The van der Waals surface area contributed by atoms with E-state index >= 15 is 0 Å². The van der Waals surface area contributed by atoms with E-state index in [2.05, 4.69) is 67.4 Å². The molecule has 32 heavy (non-hydrogen) atoms. The molecule has 0 atom stereocenters. The van der Waals surface area contributed by atoms with Gasteiger partial charge in [-0.15, -0.1) is 10.2 Å². The van der Waals surface area contributed by atoms with E-state index < -0.39 is 0 Å². The molecule has 5 rings (SSSR count). The van der Waals surface area contributed by atoms with Crippen molar-refractivity contribution >= 4 is 16.7 Å². The van der Waals surface area contributed by atoms with E-state index in [9.17, 15) is 4.79 Å². The number of aromatic nitrogens is 3. The Morgan fingerprint density at radius 3 is 2.69 bits per heavy atom. The van der Waals surface area contributed by atoms with Crippen molar-refractivity contribution in [3.8, 4) is 0 Å². The maximum atomic E-state index is 12.5. The van der Waals surface area contributed by atoms with Crippen LogP contribution in [0.5, 0.6) is 0 Å². The predicted molar refractivity (Wildman–Crippen MR) is 122 cm³/mol. The van der Waals surface area contributed by atoms with Gasteiger partial charge >= 0.3 is 0 Å². The molecule has 2 aromatic carbocycles. The number of aryl methyl sites for hydroxylation is 2. The second-order valence-corrected chi connectivity index (χ2v) is 8.40. The van der Waals surface area contributed by atoms with Crippen molar-refractivity contribution in [3.63, 3.8) is 0 Å². The van der Waals surface area contributed by atoms with E-state index in [4.69, 9.17) is 4.42 Å². The molecule has 3 heterocycles. The minimum absolute atomic E-state index is 0.150. The molecule has 0 saturated heterocycles. The minimum atomic E-state index is -0.150. The third kappa shape index (κ3) is 4.16. The van der Waals surface area contributed by atoms with Crippen molar-refractivity contribution in [3.05, 3.63) is 82.8 Å². The highest BCUT2D eigenvalue weighted by Gasteiger charge is 2.20. The van der Waals surface area contributed by atoms with Crippen LogP contribution in [-0.2, 0) is 26.1 Å². The third-order valence-corrected chi connectivity index (χ3v) is 6.11. The van der Waals surface area contributed by atoms with Gasteiger partial charge in [0.05, 0.1) is 12.1 Å². The van der Waals surface area contributed by atoms with Crippen LogP contribution in [0.4, 0.5) is 0 Å². The summed E-state index contributed by atoms with van der Waals surface area (Å²) >= 11 is 0. The van der Waals surface area contributed by atoms with Crippen molar-refractivity contribution in [2.45, 2.75) is 39.9 Å². The van der Waals surface area contributed by atoms with Gasteiger partial charge in [-0.1, -0.05) is 36.4 Å². The van der Waals surface area contributed by atoms with Crippen LogP contribution in [0.15, 0.2) is 52.9 Å². The zero-order chi connectivity index (χ0) is 22.1. The van der Waals surface area contributed by atoms with Crippen molar-refractivity contribution in [2.24, 2.45) is 0 Å². The molecule has 1 aliphatic heterocycles. The molecule has 1 amide bonds. The first-order valence-electron chi connectivity index (χ1n) is 11.0. The minimum Gasteiger partial charge on any atom is -0.466 e. The van der Waals surface area contributed by atoms with E-state index in [1.165, 1.54) is 16.3 Å². The standard InChI is InChI=1S/C25H27N5O2/c1-17-13-22(18(2)32-17)25(31)26-15-24-28-27-23-9-10-29(11-12-30(23)24)16-19-7-8-20-5-3-4-6-21(20)14-19/h3-8,13-14H,9-12,15-16H2,1-2H3,(H,26,31). The average molecular weight is 430 g/mol. The summed E-state index contributed by atoms with van der Waals surface area (Å²) in [4.78, 5) is 15.0. The summed E-state index contributed by atoms with van der Waals surface area (Å²) in [7, 11) is 0. The van der Waals surface area contributed by atoms with Gasteiger partial charge in [0.15, 0.2) is 5.82 Å². The molecule has 0 bridgehead atoms. The first-order chi connectivity index (χ1) is 15.6. The number of hydrogen-bond donors (Lipinski definition) is 1. The molecule has 0 unspecified atom stereocenters. The van der Waals surface area contributed by atoms with E-state index in [0.29, 0.717) is 17.9 Å². The lowest BCUT2D eigenvalue weighted by atomic mass is 10.1. The van der Waals surface area contributed by atoms with Crippen LogP contribution in [0.2, 0.25) is 0 Å². The number of hydrogen-bond acceptors (Lipinski definition) is 5. The summed E-state index contributed by atoms with van der Waals surface area (Å²) in [6.45, 7) is 7.56. The largest absolute Gasteiger partial charge is 0.466 e. The second kappa shape index (κ2) is 8.59. The van der Waals surface area contributed by atoms with Gasteiger partial charge in [0.25, 0.3) is 5.91 Å². The molecule has 0 saturated carbocycles. The smallest absolute Gasteiger partial charge is 0.255 e. The van der Waals surface area contributed by atoms with Gasteiger partial charge in [0, 0.05) is 32.6 Å². The number of fused-ring (bicyclic) bond motifs is 2. The van der Waals surface area contributed by atoms with Crippen LogP contribution in [0.3, 0.4) is 0 Å². The first-order valence-corrected chi connectivity index (χ1v) is 11.0. The number of nitrogens with one attached hydrogen (secondary N) is 1. The number of carbonyl (C=O) groups is 1. The van der Waals surface area contributed by atoms with Crippen LogP contribution in [-0.4, -0.2) is 38.7 Å². The molecule has 1 N–H and O–H groups in total. The SMILES string of the molecule is Cc1cc(C(=O)NCc2nnc3n2CCN(Cc2ccc4ccccc4c2)CC3)c(C)o1. The highest BCUT2D eigenvalue weighted by Crippen LogP contribution is 2.18. The molecule has 2 aromatic heterocycles. The Morgan fingerprint density at radius 1 is 1.03 bits per heavy atom. The lowest BCUT2D eigenvalue weighted by Crippen LogP contribution is -2.28.